The van der Waals surface area contributed by atoms with Crippen LogP contribution < -0.4 is 5.32 Å². The zero-order valence-corrected chi connectivity index (χ0v) is 11.9. The van der Waals surface area contributed by atoms with E-state index in [-0.39, 0.29) is 5.69 Å². The molecule has 0 unspecified atom stereocenters. The Hall–Kier alpha value is -2.47. The monoisotopic (exact) mass is 299 g/mol. The first-order valence-electron chi connectivity index (χ1n) is 6.49. The SMILES string of the molecule is O=C(O)c1csc(CCNc2ccnc3ccccc23)n1. The molecule has 0 fully saturated rings. The lowest BCUT2D eigenvalue weighted by molar-refractivity contribution is 0.0691. The number of hydrogen-bond acceptors (Lipinski definition) is 5. The molecule has 21 heavy (non-hydrogen) atoms. The number of fused-ring (bicyclic) bond motifs is 1. The number of thiazole rings is 1. The second-order valence-corrected chi connectivity index (χ2v) is 5.43. The first kappa shape index (κ1) is 13.5. The Labute approximate surface area is 125 Å². The van der Waals surface area contributed by atoms with E-state index in [2.05, 4.69) is 15.3 Å². The molecule has 0 aliphatic rings. The highest BCUT2D eigenvalue weighted by atomic mass is 32.1. The number of aromatic nitrogens is 2. The molecule has 3 aromatic rings. The standard InChI is InChI=1S/C15H13N3O2S/c19-15(20)13-9-21-14(18-13)6-8-17-12-5-7-16-11-4-2-1-3-10(11)12/h1-5,7,9H,6,8H2,(H,16,17)(H,19,20). The topological polar surface area (TPSA) is 75.1 Å². The third kappa shape index (κ3) is 3.00. The van der Waals surface area contributed by atoms with Crippen LogP contribution in [0.2, 0.25) is 0 Å². The summed E-state index contributed by atoms with van der Waals surface area (Å²) in [5, 5.41) is 15.7. The zero-order chi connectivity index (χ0) is 14.7. The number of nitrogens with zero attached hydrogens (tertiary/aromatic N) is 2. The predicted molar refractivity (Wildman–Crippen MR) is 83.0 cm³/mol. The summed E-state index contributed by atoms with van der Waals surface area (Å²) in [7, 11) is 0. The number of nitrogens with one attached hydrogen (secondary N) is 1. The summed E-state index contributed by atoms with van der Waals surface area (Å²) in [5.74, 6) is -0.981. The number of carboxylic acid groups (broad SMARTS) is 1. The number of anilines is 1. The minimum Gasteiger partial charge on any atom is -0.476 e. The zero-order valence-electron chi connectivity index (χ0n) is 11.1. The highest BCUT2D eigenvalue weighted by Crippen LogP contribution is 2.21. The second-order valence-electron chi connectivity index (χ2n) is 4.48. The van der Waals surface area contributed by atoms with Crippen molar-refractivity contribution in [2.45, 2.75) is 6.42 Å². The number of benzene rings is 1. The molecule has 2 N–H and O–H groups in total. The first-order chi connectivity index (χ1) is 10.2. The van der Waals surface area contributed by atoms with Crippen LogP contribution in [0, 0.1) is 0 Å². The predicted octanol–water partition coefficient (Wildman–Crippen LogP) is 3.04. The van der Waals surface area contributed by atoms with Gasteiger partial charge in [0.15, 0.2) is 5.69 Å². The van der Waals surface area contributed by atoms with E-state index in [1.807, 2.05) is 30.3 Å². The molecule has 0 saturated heterocycles. The van der Waals surface area contributed by atoms with Crippen molar-refractivity contribution in [2.24, 2.45) is 0 Å². The van der Waals surface area contributed by atoms with Crippen LogP contribution in [-0.2, 0) is 6.42 Å². The maximum absolute atomic E-state index is 10.8. The minimum atomic E-state index is -0.981. The largest absolute Gasteiger partial charge is 0.476 e. The van der Waals surface area contributed by atoms with Crippen molar-refractivity contribution < 1.29 is 9.90 Å². The van der Waals surface area contributed by atoms with Crippen LogP contribution in [0.3, 0.4) is 0 Å². The lowest BCUT2D eigenvalue weighted by atomic mass is 10.2. The fourth-order valence-electron chi connectivity index (χ4n) is 2.08. The van der Waals surface area contributed by atoms with Gasteiger partial charge in [-0.1, -0.05) is 18.2 Å². The van der Waals surface area contributed by atoms with Crippen LogP contribution in [0.5, 0.6) is 0 Å². The molecule has 5 nitrogen and oxygen atoms in total. The fourth-order valence-corrected chi connectivity index (χ4v) is 2.85. The van der Waals surface area contributed by atoms with Crippen molar-refractivity contribution in [1.82, 2.24) is 9.97 Å². The molecule has 106 valence electrons. The summed E-state index contributed by atoms with van der Waals surface area (Å²) < 4.78 is 0. The van der Waals surface area contributed by atoms with E-state index < -0.39 is 5.97 Å². The molecule has 0 aliphatic carbocycles. The van der Waals surface area contributed by atoms with Crippen molar-refractivity contribution in [1.29, 1.82) is 0 Å². The highest BCUT2D eigenvalue weighted by Gasteiger charge is 2.08. The third-order valence-electron chi connectivity index (χ3n) is 3.07. The Morgan fingerprint density at radius 3 is 2.95 bits per heavy atom. The van der Waals surface area contributed by atoms with Gasteiger partial charge in [-0.25, -0.2) is 9.78 Å². The summed E-state index contributed by atoms with van der Waals surface area (Å²) >= 11 is 1.37. The van der Waals surface area contributed by atoms with Gasteiger partial charge in [0, 0.05) is 35.6 Å². The molecule has 2 aromatic heterocycles. The van der Waals surface area contributed by atoms with Crippen LogP contribution in [0.1, 0.15) is 15.5 Å². The van der Waals surface area contributed by atoms with Gasteiger partial charge in [-0.05, 0) is 12.1 Å². The summed E-state index contributed by atoms with van der Waals surface area (Å²) in [5.41, 5.74) is 2.09. The minimum absolute atomic E-state index is 0.115. The quantitative estimate of drug-likeness (QED) is 0.757. The molecular weight excluding hydrogens is 286 g/mol. The third-order valence-corrected chi connectivity index (χ3v) is 3.98. The molecule has 0 atom stereocenters. The average molecular weight is 299 g/mol. The van der Waals surface area contributed by atoms with Crippen LogP contribution in [-0.4, -0.2) is 27.6 Å². The Balaban J connectivity index is 1.68. The van der Waals surface area contributed by atoms with Gasteiger partial charge < -0.3 is 10.4 Å². The summed E-state index contributed by atoms with van der Waals surface area (Å²) in [6, 6.07) is 9.88. The molecule has 3 rings (SSSR count). The van der Waals surface area contributed by atoms with Crippen molar-refractivity contribution >= 4 is 33.9 Å². The molecule has 0 saturated carbocycles. The van der Waals surface area contributed by atoms with E-state index in [4.69, 9.17) is 5.11 Å². The number of hydrogen-bond donors (Lipinski definition) is 2. The van der Waals surface area contributed by atoms with Gasteiger partial charge >= 0.3 is 5.97 Å². The summed E-state index contributed by atoms with van der Waals surface area (Å²) in [4.78, 5) is 19.2. The number of rotatable bonds is 5. The average Bonchev–Trinajstić information content (AvgIpc) is 2.97. The molecule has 0 amide bonds. The number of pyridine rings is 1. The lowest BCUT2D eigenvalue weighted by Crippen LogP contribution is -2.06. The molecule has 0 spiro atoms. The molecule has 2 heterocycles. The van der Waals surface area contributed by atoms with Gasteiger partial charge in [0.2, 0.25) is 0 Å². The number of aromatic carboxylic acids is 1. The van der Waals surface area contributed by atoms with E-state index in [1.165, 1.54) is 11.3 Å². The van der Waals surface area contributed by atoms with Gasteiger partial charge in [0.25, 0.3) is 0 Å². The Kier molecular flexibility index (Phi) is 3.79. The van der Waals surface area contributed by atoms with Gasteiger partial charge in [-0.3, -0.25) is 4.98 Å². The van der Waals surface area contributed by atoms with Gasteiger partial charge in [-0.2, -0.15) is 0 Å². The van der Waals surface area contributed by atoms with E-state index in [9.17, 15) is 4.79 Å². The van der Waals surface area contributed by atoms with Crippen LogP contribution >= 0.6 is 11.3 Å². The smallest absolute Gasteiger partial charge is 0.355 e. The molecule has 0 aliphatic heterocycles. The Morgan fingerprint density at radius 1 is 1.29 bits per heavy atom. The number of para-hydroxylation sites is 1. The van der Waals surface area contributed by atoms with Gasteiger partial charge in [0.05, 0.1) is 10.5 Å². The maximum Gasteiger partial charge on any atom is 0.355 e. The van der Waals surface area contributed by atoms with Gasteiger partial charge in [-0.15, -0.1) is 11.3 Å². The Morgan fingerprint density at radius 2 is 2.14 bits per heavy atom. The fraction of sp³-hybridized carbons (Fsp3) is 0.133. The molecule has 1 aromatic carbocycles. The molecular formula is C15H13N3O2S. The number of carbonyl (C=O) groups is 1. The van der Waals surface area contributed by atoms with Crippen LogP contribution in [0.25, 0.3) is 10.9 Å². The second kappa shape index (κ2) is 5.88. The van der Waals surface area contributed by atoms with E-state index in [1.54, 1.807) is 11.6 Å². The summed E-state index contributed by atoms with van der Waals surface area (Å²) in [6.07, 6.45) is 2.46. The van der Waals surface area contributed by atoms with Crippen molar-refractivity contribution in [3.8, 4) is 0 Å². The van der Waals surface area contributed by atoms with Crippen LogP contribution in [0.15, 0.2) is 41.9 Å². The Bertz CT molecular complexity index is 780. The normalized spacial score (nSPS) is 10.7. The van der Waals surface area contributed by atoms with Crippen LogP contribution in [0.4, 0.5) is 5.69 Å². The molecule has 6 heteroatoms. The number of carboxylic acids is 1. The first-order valence-corrected chi connectivity index (χ1v) is 7.37. The summed E-state index contributed by atoms with van der Waals surface area (Å²) in [6.45, 7) is 0.695. The van der Waals surface area contributed by atoms with E-state index in [0.717, 1.165) is 21.6 Å². The van der Waals surface area contributed by atoms with Crippen molar-refractivity contribution in [3.63, 3.8) is 0 Å². The van der Waals surface area contributed by atoms with Gasteiger partial charge in [0.1, 0.15) is 0 Å². The molecule has 0 radical (unpaired) electrons. The lowest BCUT2D eigenvalue weighted by Gasteiger charge is -2.08. The molecule has 0 bridgehead atoms. The van der Waals surface area contributed by atoms with E-state index in [0.29, 0.717) is 13.0 Å². The van der Waals surface area contributed by atoms with Crippen molar-refractivity contribution in [2.75, 3.05) is 11.9 Å². The highest BCUT2D eigenvalue weighted by molar-refractivity contribution is 7.09. The van der Waals surface area contributed by atoms with E-state index >= 15 is 0 Å². The maximum atomic E-state index is 10.8. The van der Waals surface area contributed by atoms with Crippen molar-refractivity contribution in [3.05, 3.63) is 52.6 Å².